The van der Waals surface area contributed by atoms with Crippen LogP contribution >= 0.6 is 0 Å². The van der Waals surface area contributed by atoms with Crippen LogP contribution in [0.15, 0.2) is 164 Å². The number of carbonyl (C=O) groups excluding carboxylic acids is 2. The second-order valence-electron chi connectivity index (χ2n) is 11.2. The number of hydrogen-bond acceptors (Lipinski definition) is 5. The molecule has 0 aromatic heterocycles. The van der Waals surface area contributed by atoms with E-state index in [0.717, 1.165) is 27.8 Å². The van der Waals surface area contributed by atoms with Gasteiger partial charge in [0.25, 0.3) is 0 Å². The van der Waals surface area contributed by atoms with Gasteiger partial charge in [0.1, 0.15) is 6.61 Å². The Morgan fingerprint density at radius 2 is 0.936 bits per heavy atom. The predicted molar refractivity (Wildman–Crippen MR) is 188 cm³/mol. The molecule has 47 heavy (non-hydrogen) atoms. The second-order valence-corrected chi connectivity index (χ2v) is 11.2. The van der Waals surface area contributed by atoms with Crippen LogP contribution in [0.25, 0.3) is 12.2 Å². The maximum atomic E-state index is 13.4. The molecule has 0 amide bonds. The van der Waals surface area contributed by atoms with Crippen LogP contribution in [-0.4, -0.2) is 35.6 Å². The van der Waals surface area contributed by atoms with E-state index < -0.39 is 18.0 Å². The number of nitrogens with zero attached hydrogens (tertiary/aromatic N) is 1. The molecule has 0 radical (unpaired) electrons. The van der Waals surface area contributed by atoms with E-state index in [4.69, 9.17) is 9.47 Å². The highest BCUT2D eigenvalue weighted by atomic mass is 16.6. The summed E-state index contributed by atoms with van der Waals surface area (Å²) in [6.45, 7) is 1.09. The summed E-state index contributed by atoms with van der Waals surface area (Å²) in [5, 5.41) is 0. The van der Waals surface area contributed by atoms with Gasteiger partial charge in [-0.05, 0) is 46.4 Å². The van der Waals surface area contributed by atoms with Crippen LogP contribution in [0.3, 0.4) is 0 Å². The lowest BCUT2D eigenvalue weighted by atomic mass is 9.98. The molecular formula is C42H39NO4. The number of esters is 2. The molecule has 5 aromatic carbocycles. The van der Waals surface area contributed by atoms with Gasteiger partial charge in [-0.25, -0.2) is 9.59 Å². The van der Waals surface area contributed by atoms with Crippen LogP contribution in [-0.2, 0) is 38.6 Å². The van der Waals surface area contributed by atoms with Crippen molar-refractivity contribution in [2.75, 3.05) is 6.61 Å². The van der Waals surface area contributed by atoms with Crippen LogP contribution in [0.4, 0.5) is 0 Å². The first-order valence-corrected chi connectivity index (χ1v) is 15.8. The van der Waals surface area contributed by atoms with Crippen LogP contribution in [0, 0.1) is 0 Å². The van der Waals surface area contributed by atoms with Crippen molar-refractivity contribution in [3.05, 3.63) is 192 Å². The van der Waals surface area contributed by atoms with Crippen molar-refractivity contribution in [1.82, 2.24) is 4.90 Å². The summed E-state index contributed by atoms with van der Waals surface area (Å²) in [5.41, 5.74) is 5.10. The van der Waals surface area contributed by atoms with E-state index in [2.05, 4.69) is 41.3 Å². The first kappa shape index (κ1) is 32.9. The molecule has 5 nitrogen and oxygen atoms in total. The number of benzene rings is 5. The molecule has 236 valence electrons. The van der Waals surface area contributed by atoms with Gasteiger partial charge < -0.3 is 9.47 Å². The summed E-state index contributed by atoms with van der Waals surface area (Å²) < 4.78 is 12.0. The Bertz CT molecular complexity index is 1660. The molecule has 0 aliphatic rings. The van der Waals surface area contributed by atoms with E-state index in [-0.39, 0.29) is 12.6 Å². The normalized spacial score (nSPS) is 12.6. The SMILES string of the molecule is O=C(C=Cc1ccccc1)OC[C@H](OC(=O)C=Cc1ccccc1)[C@H](Cc1ccccc1)N(Cc1ccccc1)Cc1ccccc1. The monoisotopic (exact) mass is 621 g/mol. The minimum Gasteiger partial charge on any atom is -0.459 e. The van der Waals surface area contributed by atoms with Gasteiger partial charge in [-0.3, -0.25) is 4.90 Å². The van der Waals surface area contributed by atoms with Gasteiger partial charge in [-0.15, -0.1) is 0 Å². The largest absolute Gasteiger partial charge is 0.459 e. The Labute approximate surface area is 277 Å². The Kier molecular flexibility index (Phi) is 12.5. The first-order chi connectivity index (χ1) is 23.1. The van der Waals surface area contributed by atoms with E-state index in [0.29, 0.717) is 19.5 Å². The summed E-state index contributed by atoms with van der Waals surface area (Å²) in [7, 11) is 0. The molecule has 2 atom stereocenters. The van der Waals surface area contributed by atoms with Gasteiger partial charge in [0.15, 0.2) is 6.10 Å². The van der Waals surface area contributed by atoms with Gasteiger partial charge >= 0.3 is 11.9 Å². The molecular weight excluding hydrogens is 582 g/mol. The van der Waals surface area contributed by atoms with Crippen LogP contribution in [0.1, 0.15) is 27.8 Å². The summed E-state index contributed by atoms with van der Waals surface area (Å²) in [5.74, 6) is -1.02. The van der Waals surface area contributed by atoms with Crippen molar-refractivity contribution in [2.45, 2.75) is 31.7 Å². The summed E-state index contributed by atoms with van der Waals surface area (Å²) in [4.78, 5) is 28.7. The van der Waals surface area contributed by atoms with E-state index in [1.165, 1.54) is 12.2 Å². The maximum Gasteiger partial charge on any atom is 0.331 e. The van der Waals surface area contributed by atoms with Crippen LogP contribution in [0.5, 0.6) is 0 Å². The molecule has 0 saturated heterocycles. The molecule has 5 rings (SSSR count). The zero-order valence-electron chi connectivity index (χ0n) is 26.3. The summed E-state index contributed by atoms with van der Waals surface area (Å²) in [6.07, 6.45) is 6.07. The van der Waals surface area contributed by atoms with E-state index in [9.17, 15) is 9.59 Å². The molecule has 0 bridgehead atoms. The molecule has 0 saturated carbocycles. The lowest BCUT2D eigenvalue weighted by Crippen LogP contribution is -2.48. The Morgan fingerprint density at radius 3 is 1.40 bits per heavy atom. The van der Waals surface area contributed by atoms with Gasteiger partial charge in [0.05, 0.1) is 6.04 Å². The highest BCUT2D eigenvalue weighted by Gasteiger charge is 2.32. The average Bonchev–Trinajstić information content (AvgIpc) is 3.12. The Balaban J connectivity index is 1.47. The predicted octanol–water partition coefficient (Wildman–Crippen LogP) is 8.18. The molecule has 0 aliphatic carbocycles. The summed E-state index contributed by atoms with van der Waals surface area (Å²) in [6, 6.07) is 49.4. The van der Waals surface area contributed by atoms with Gasteiger partial charge in [-0.1, -0.05) is 152 Å². The van der Waals surface area contributed by atoms with E-state index in [1.807, 2.05) is 115 Å². The third kappa shape index (κ3) is 11.1. The minimum atomic E-state index is -0.773. The van der Waals surface area contributed by atoms with Gasteiger partial charge in [0.2, 0.25) is 0 Å². The number of ether oxygens (including phenoxy) is 2. The standard InChI is InChI=1S/C42H39NO4/c44-41(28-26-34-16-6-1-7-17-34)46-33-40(47-42(45)29-27-35-18-8-2-9-19-35)39(30-36-20-10-3-11-21-36)43(31-37-22-12-4-13-23-37)32-38-24-14-5-15-25-38/h1-29,39-40H,30-33H2/t39-,40-/m0/s1. The Hall–Kier alpha value is -5.52. The molecule has 5 aromatic rings. The van der Waals surface area contributed by atoms with Crippen molar-refractivity contribution in [2.24, 2.45) is 0 Å². The zero-order valence-corrected chi connectivity index (χ0v) is 26.3. The Morgan fingerprint density at radius 1 is 0.532 bits per heavy atom. The fourth-order valence-electron chi connectivity index (χ4n) is 5.36. The molecule has 0 heterocycles. The molecule has 0 aliphatic heterocycles. The number of carbonyl (C=O) groups is 2. The van der Waals surface area contributed by atoms with Crippen LogP contribution < -0.4 is 0 Å². The second kappa shape index (κ2) is 17.8. The van der Waals surface area contributed by atoms with E-state index >= 15 is 0 Å². The van der Waals surface area contributed by atoms with Crippen molar-refractivity contribution >= 4 is 24.1 Å². The maximum absolute atomic E-state index is 13.4. The van der Waals surface area contributed by atoms with Crippen LogP contribution in [0.2, 0.25) is 0 Å². The molecule has 0 N–H and O–H groups in total. The highest BCUT2D eigenvalue weighted by Crippen LogP contribution is 2.22. The molecule has 0 unspecified atom stereocenters. The molecule has 0 fully saturated rings. The third-order valence-electron chi connectivity index (χ3n) is 7.72. The van der Waals surface area contributed by atoms with Crippen molar-refractivity contribution < 1.29 is 19.1 Å². The lowest BCUT2D eigenvalue weighted by molar-refractivity contribution is -0.157. The first-order valence-electron chi connectivity index (χ1n) is 15.8. The van der Waals surface area contributed by atoms with Crippen molar-refractivity contribution in [3.8, 4) is 0 Å². The fourth-order valence-corrected chi connectivity index (χ4v) is 5.36. The van der Waals surface area contributed by atoms with Gasteiger partial charge in [0, 0.05) is 25.2 Å². The van der Waals surface area contributed by atoms with Gasteiger partial charge in [-0.2, -0.15) is 0 Å². The van der Waals surface area contributed by atoms with Crippen molar-refractivity contribution in [3.63, 3.8) is 0 Å². The number of hydrogen-bond donors (Lipinski definition) is 0. The molecule has 0 spiro atoms. The quantitative estimate of drug-likeness (QED) is 0.0872. The van der Waals surface area contributed by atoms with E-state index in [1.54, 1.807) is 12.2 Å². The smallest absolute Gasteiger partial charge is 0.331 e. The van der Waals surface area contributed by atoms with Crippen molar-refractivity contribution in [1.29, 1.82) is 0 Å². The third-order valence-corrected chi connectivity index (χ3v) is 7.72. The molecule has 5 heteroatoms. The lowest BCUT2D eigenvalue weighted by Gasteiger charge is -2.37. The topological polar surface area (TPSA) is 55.8 Å². The summed E-state index contributed by atoms with van der Waals surface area (Å²) >= 11 is 0. The highest BCUT2D eigenvalue weighted by molar-refractivity contribution is 5.88. The minimum absolute atomic E-state index is 0.111. The fraction of sp³-hybridized carbons (Fsp3) is 0.143. The average molecular weight is 622 g/mol. The number of rotatable bonds is 15. The zero-order chi connectivity index (χ0) is 32.5.